The molecule has 0 heterocycles. The molecule has 0 saturated carbocycles. The second-order valence-electron chi connectivity index (χ2n) is 2.05. The molecule has 0 aromatic carbocycles. The second kappa shape index (κ2) is 6.99. The highest BCUT2D eigenvalue weighted by Crippen LogP contribution is 1.92. The Balaban J connectivity index is 3.09. The zero-order chi connectivity index (χ0) is 7.82. The Morgan fingerprint density at radius 1 is 1.40 bits per heavy atom. The Morgan fingerprint density at radius 3 is 2.50 bits per heavy atom. The van der Waals surface area contributed by atoms with Crippen molar-refractivity contribution in [3.05, 3.63) is 0 Å². The molecule has 0 aliphatic heterocycles. The van der Waals surface area contributed by atoms with E-state index in [1.54, 1.807) is 7.11 Å². The molecule has 0 aliphatic carbocycles. The van der Waals surface area contributed by atoms with Crippen LogP contribution in [0.15, 0.2) is 0 Å². The summed E-state index contributed by atoms with van der Waals surface area (Å²) in [4.78, 5) is 4.94. The van der Waals surface area contributed by atoms with Crippen LogP contribution in [0, 0.1) is 0 Å². The summed E-state index contributed by atoms with van der Waals surface area (Å²) in [6.07, 6.45) is 1.28. The minimum atomic E-state index is 0.270. The van der Waals surface area contributed by atoms with Crippen molar-refractivity contribution in [3.63, 3.8) is 0 Å². The van der Waals surface area contributed by atoms with Gasteiger partial charge in [-0.3, -0.25) is 0 Å². The molecule has 0 aromatic rings. The van der Waals surface area contributed by atoms with Gasteiger partial charge in [-0.25, -0.2) is 0 Å². The highest BCUT2D eigenvalue weighted by Gasteiger charge is 2.01. The van der Waals surface area contributed by atoms with Crippen molar-refractivity contribution in [2.24, 2.45) is 0 Å². The van der Waals surface area contributed by atoms with Gasteiger partial charge in [-0.1, -0.05) is 6.92 Å². The number of rotatable bonds is 6. The molecule has 1 atom stereocenters. The highest BCUT2D eigenvalue weighted by atomic mass is 16.6. The smallest absolute Gasteiger partial charge is 0.0716 e. The number of hydrogen-bond acceptors (Lipinski definition) is 3. The van der Waals surface area contributed by atoms with Crippen LogP contribution in [0.4, 0.5) is 0 Å². The Hall–Kier alpha value is -0.120. The number of nitrogens with one attached hydrogen (secondary N) is 1. The van der Waals surface area contributed by atoms with Crippen LogP contribution in [0.25, 0.3) is 0 Å². The molecule has 0 radical (unpaired) electrons. The van der Waals surface area contributed by atoms with Gasteiger partial charge in [0.1, 0.15) is 0 Å². The first-order valence-electron chi connectivity index (χ1n) is 3.72. The van der Waals surface area contributed by atoms with Gasteiger partial charge in [0.25, 0.3) is 0 Å². The van der Waals surface area contributed by atoms with Crippen LogP contribution < -0.4 is 5.48 Å². The fraction of sp³-hybridized carbons (Fsp3) is 1.00. The maximum atomic E-state index is 5.10. The van der Waals surface area contributed by atoms with E-state index in [-0.39, 0.29) is 6.10 Å². The first-order chi connectivity index (χ1) is 4.85. The summed E-state index contributed by atoms with van der Waals surface area (Å²) in [5, 5.41) is 0. The van der Waals surface area contributed by atoms with Gasteiger partial charge in [0.2, 0.25) is 0 Å². The molecule has 0 aromatic heterocycles. The van der Waals surface area contributed by atoms with Crippen LogP contribution in [0.3, 0.4) is 0 Å². The summed E-state index contributed by atoms with van der Waals surface area (Å²) < 4.78 is 5.10. The first kappa shape index (κ1) is 9.88. The largest absolute Gasteiger partial charge is 0.380 e. The molecule has 1 N–H and O–H groups in total. The molecular formula is C7H17NO2. The van der Waals surface area contributed by atoms with Crippen LogP contribution in [-0.4, -0.2) is 26.4 Å². The lowest BCUT2D eigenvalue weighted by molar-refractivity contribution is 0.00655. The highest BCUT2D eigenvalue weighted by molar-refractivity contribution is 4.53. The standard InChI is InChI=1S/C7H17NO2/c1-4-7(9-3)6-8-10-5-2/h7-8H,4-6H2,1-3H3. The van der Waals surface area contributed by atoms with Gasteiger partial charge < -0.3 is 9.57 Å². The van der Waals surface area contributed by atoms with E-state index in [9.17, 15) is 0 Å². The maximum absolute atomic E-state index is 5.10. The van der Waals surface area contributed by atoms with Crippen LogP contribution in [0.5, 0.6) is 0 Å². The Kier molecular flexibility index (Phi) is 6.91. The van der Waals surface area contributed by atoms with E-state index in [0.717, 1.165) is 13.0 Å². The van der Waals surface area contributed by atoms with Crippen LogP contribution in [0.2, 0.25) is 0 Å². The van der Waals surface area contributed by atoms with Crippen molar-refractivity contribution in [1.29, 1.82) is 0 Å². The molecule has 3 nitrogen and oxygen atoms in total. The normalized spacial score (nSPS) is 13.5. The molecule has 0 fully saturated rings. The molecule has 0 bridgehead atoms. The molecule has 3 heteroatoms. The van der Waals surface area contributed by atoms with Crippen LogP contribution in [0.1, 0.15) is 20.3 Å². The Morgan fingerprint density at radius 2 is 2.10 bits per heavy atom. The minimum Gasteiger partial charge on any atom is -0.380 e. The predicted molar refractivity (Wildman–Crippen MR) is 40.7 cm³/mol. The first-order valence-corrected chi connectivity index (χ1v) is 3.72. The molecule has 62 valence electrons. The predicted octanol–water partition coefficient (Wildman–Crippen LogP) is 0.952. The summed E-state index contributed by atoms with van der Waals surface area (Å²) in [7, 11) is 1.71. The van der Waals surface area contributed by atoms with Gasteiger partial charge in [0, 0.05) is 13.7 Å². The number of hydroxylamine groups is 1. The number of methoxy groups -OCH3 is 1. The Bertz CT molecular complexity index is 64.6. The van der Waals surface area contributed by atoms with E-state index in [0.29, 0.717) is 6.61 Å². The zero-order valence-electron chi connectivity index (χ0n) is 7.02. The van der Waals surface area contributed by atoms with E-state index in [1.165, 1.54) is 0 Å². The van der Waals surface area contributed by atoms with Crippen molar-refractivity contribution in [3.8, 4) is 0 Å². The fourth-order valence-electron chi connectivity index (χ4n) is 0.648. The van der Waals surface area contributed by atoms with Crippen molar-refractivity contribution in [2.75, 3.05) is 20.3 Å². The van der Waals surface area contributed by atoms with E-state index in [4.69, 9.17) is 9.57 Å². The van der Waals surface area contributed by atoms with Gasteiger partial charge >= 0.3 is 0 Å². The molecule has 1 unspecified atom stereocenters. The van der Waals surface area contributed by atoms with Crippen LogP contribution >= 0.6 is 0 Å². The SMILES string of the molecule is CCONCC(CC)OC. The summed E-state index contributed by atoms with van der Waals surface area (Å²) in [6.45, 7) is 5.49. The molecule has 10 heavy (non-hydrogen) atoms. The van der Waals surface area contributed by atoms with Crippen molar-refractivity contribution >= 4 is 0 Å². The molecule has 0 rings (SSSR count). The topological polar surface area (TPSA) is 30.5 Å². The fourth-order valence-corrected chi connectivity index (χ4v) is 0.648. The molecular weight excluding hydrogens is 130 g/mol. The molecule has 0 aliphatic rings. The van der Waals surface area contributed by atoms with E-state index < -0.39 is 0 Å². The third kappa shape index (κ3) is 4.73. The van der Waals surface area contributed by atoms with Gasteiger partial charge in [0.15, 0.2) is 0 Å². The van der Waals surface area contributed by atoms with Crippen molar-refractivity contribution < 1.29 is 9.57 Å². The average molecular weight is 147 g/mol. The average Bonchev–Trinajstić information content (AvgIpc) is 1.99. The summed E-state index contributed by atoms with van der Waals surface area (Å²) >= 11 is 0. The molecule has 0 amide bonds. The van der Waals surface area contributed by atoms with Gasteiger partial charge in [-0.05, 0) is 13.3 Å². The summed E-state index contributed by atoms with van der Waals surface area (Å²) in [5.41, 5.74) is 2.81. The second-order valence-corrected chi connectivity index (χ2v) is 2.05. The minimum absolute atomic E-state index is 0.270. The van der Waals surface area contributed by atoms with Crippen molar-refractivity contribution in [2.45, 2.75) is 26.4 Å². The van der Waals surface area contributed by atoms with Gasteiger partial charge in [-0.15, -0.1) is 0 Å². The maximum Gasteiger partial charge on any atom is 0.0716 e. The van der Waals surface area contributed by atoms with Crippen LogP contribution in [-0.2, 0) is 9.57 Å². The number of ether oxygens (including phenoxy) is 1. The lowest BCUT2D eigenvalue weighted by Crippen LogP contribution is -2.27. The third-order valence-corrected chi connectivity index (χ3v) is 1.35. The lowest BCUT2D eigenvalue weighted by atomic mass is 10.3. The van der Waals surface area contributed by atoms with E-state index in [2.05, 4.69) is 12.4 Å². The summed E-state index contributed by atoms with van der Waals surface area (Å²) in [5.74, 6) is 0. The Labute approximate surface area is 62.7 Å². The monoisotopic (exact) mass is 147 g/mol. The van der Waals surface area contributed by atoms with E-state index >= 15 is 0 Å². The van der Waals surface area contributed by atoms with E-state index in [1.807, 2.05) is 6.92 Å². The molecule has 0 saturated heterocycles. The van der Waals surface area contributed by atoms with Gasteiger partial charge in [0.05, 0.1) is 12.7 Å². The lowest BCUT2D eigenvalue weighted by Gasteiger charge is -2.12. The molecule has 0 spiro atoms. The summed E-state index contributed by atoms with van der Waals surface area (Å²) in [6, 6.07) is 0. The zero-order valence-corrected chi connectivity index (χ0v) is 7.02. The van der Waals surface area contributed by atoms with Crippen molar-refractivity contribution in [1.82, 2.24) is 5.48 Å². The number of hydrogen-bond donors (Lipinski definition) is 1. The van der Waals surface area contributed by atoms with Gasteiger partial charge in [-0.2, -0.15) is 5.48 Å². The third-order valence-electron chi connectivity index (χ3n) is 1.35. The quantitative estimate of drug-likeness (QED) is 0.448.